The third kappa shape index (κ3) is 2.00. The zero-order valence-corrected chi connectivity index (χ0v) is 10.8. The average molecular weight is 255 g/mol. The van der Waals surface area contributed by atoms with Crippen LogP contribution in [0, 0.1) is 0 Å². The predicted molar refractivity (Wildman–Crippen MR) is 72.8 cm³/mol. The molecule has 0 aliphatic carbocycles. The zero-order valence-electron chi connectivity index (χ0n) is 10.8. The first-order valence-electron chi connectivity index (χ1n) is 6.83. The molecule has 5 nitrogen and oxygen atoms in total. The topological polar surface area (TPSA) is 46.0 Å². The van der Waals surface area contributed by atoms with Crippen LogP contribution < -0.4 is 5.32 Å². The quantitative estimate of drug-likeness (QED) is 0.877. The lowest BCUT2D eigenvalue weighted by Crippen LogP contribution is -2.33. The lowest BCUT2D eigenvalue weighted by atomic mass is 10.1. The maximum atomic E-state index is 4.17. The van der Waals surface area contributed by atoms with E-state index >= 15 is 0 Å². The highest BCUT2D eigenvalue weighted by molar-refractivity contribution is 5.57. The number of fused-ring (bicyclic) bond motifs is 2. The molecule has 1 aromatic carbocycles. The minimum Gasteiger partial charge on any atom is -0.384 e. The molecule has 19 heavy (non-hydrogen) atoms. The highest BCUT2D eigenvalue weighted by Crippen LogP contribution is 2.24. The smallest absolute Gasteiger partial charge is 0.147 e. The Bertz CT molecular complexity index is 604. The normalized spacial score (nSPS) is 17.9. The van der Waals surface area contributed by atoms with Gasteiger partial charge in [0, 0.05) is 31.9 Å². The van der Waals surface area contributed by atoms with Crippen LogP contribution in [0.1, 0.15) is 17.0 Å². The Balaban J connectivity index is 1.50. The summed E-state index contributed by atoms with van der Waals surface area (Å²) in [7, 11) is 0. The molecule has 3 heterocycles. The van der Waals surface area contributed by atoms with Gasteiger partial charge in [-0.3, -0.25) is 4.90 Å². The number of rotatable bonds is 2. The molecule has 0 bridgehead atoms. The van der Waals surface area contributed by atoms with Gasteiger partial charge in [0.1, 0.15) is 12.2 Å². The van der Waals surface area contributed by atoms with Gasteiger partial charge >= 0.3 is 0 Å². The van der Waals surface area contributed by atoms with Crippen LogP contribution in [-0.2, 0) is 26.1 Å². The number of nitrogens with zero attached hydrogens (tertiary/aromatic N) is 4. The summed E-state index contributed by atoms with van der Waals surface area (Å²) in [5, 5.41) is 11.6. The van der Waals surface area contributed by atoms with E-state index in [0.717, 1.165) is 45.0 Å². The first kappa shape index (κ1) is 11.0. The molecule has 0 fully saturated rings. The summed E-state index contributed by atoms with van der Waals surface area (Å²) >= 11 is 0. The molecule has 4 rings (SSSR count). The Morgan fingerprint density at radius 2 is 2.26 bits per heavy atom. The summed E-state index contributed by atoms with van der Waals surface area (Å²) in [6, 6.07) is 6.81. The second-order valence-corrected chi connectivity index (χ2v) is 5.32. The maximum Gasteiger partial charge on any atom is 0.147 e. The monoisotopic (exact) mass is 255 g/mol. The third-order valence-corrected chi connectivity index (χ3v) is 4.01. The predicted octanol–water partition coefficient (Wildman–Crippen LogP) is 1.26. The maximum absolute atomic E-state index is 4.17. The van der Waals surface area contributed by atoms with Gasteiger partial charge in [-0.1, -0.05) is 12.1 Å². The van der Waals surface area contributed by atoms with E-state index in [1.165, 1.54) is 16.8 Å². The van der Waals surface area contributed by atoms with Gasteiger partial charge in [-0.15, -0.1) is 10.2 Å². The van der Waals surface area contributed by atoms with Crippen LogP contribution in [0.4, 0.5) is 5.69 Å². The zero-order chi connectivity index (χ0) is 12.7. The van der Waals surface area contributed by atoms with Crippen LogP contribution in [0.2, 0.25) is 0 Å². The Morgan fingerprint density at radius 3 is 3.26 bits per heavy atom. The molecular weight excluding hydrogens is 238 g/mol. The standard InChI is InChI=1S/C14H17N5/c1-2-12-3-4-15-13(12)7-11(1)8-18-5-6-19-10-16-17-14(19)9-18/h1-2,7,10,15H,3-6,8-9H2. The Morgan fingerprint density at radius 1 is 1.26 bits per heavy atom. The molecule has 5 heteroatoms. The molecule has 1 aromatic heterocycles. The summed E-state index contributed by atoms with van der Waals surface area (Å²) in [5.41, 5.74) is 4.14. The molecule has 0 atom stereocenters. The Labute approximate surface area is 112 Å². The van der Waals surface area contributed by atoms with Gasteiger partial charge in [-0.2, -0.15) is 0 Å². The van der Waals surface area contributed by atoms with Crippen molar-refractivity contribution in [2.45, 2.75) is 26.1 Å². The van der Waals surface area contributed by atoms with Gasteiger partial charge in [0.15, 0.2) is 0 Å². The molecule has 1 N–H and O–H groups in total. The first-order chi connectivity index (χ1) is 9.38. The number of nitrogens with one attached hydrogen (secondary N) is 1. The van der Waals surface area contributed by atoms with Gasteiger partial charge in [-0.05, 0) is 23.6 Å². The van der Waals surface area contributed by atoms with Gasteiger partial charge in [0.05, 0.1) is 6.54 Å². The number of hydrogen-bond donors (Lipinski definition) is 1. The molecule has 0 unspecified atom stereocenters. The number of benzene rings is 1. The lowest BCUT2D eigenvalue weighted by molar-refractivity contribution is 0.209. The minimum absolute atomic E-state index is 0.893. The van der Waals surface area contributed by atoms with Gasteiger partial charge in [0.25, 0.3) is 0 Å². The van der Waals surface area contributed by atoms with Crippen molar-refractivity contribution >= 4 is 5.69 Å². The molecule has 2 aliphatic heterocycles. The third-order valence-electron chi connectivity index (χ3n) is 4.01. The average Bonchev–Trinajstić information content (AvgIpc) is 3.05. The van der Waals surface area contributed by atoms with Gasteiger partial charge in [-0.25, -0.2) is 0 Å². The van der Waals surface area contributed by atoms with Gasteiger partial charge in [0.2, 0.25) is 0 Å². The van der Waals surface area contributed by atoms with Gasteiger partial charge < -0.3 is 9.88 Å². The largest absolute Gasteiger partial charge is 0.384 e. The molecule has 0 spiro atoms. The summed E-state index contributed by atoms with van der Waals surface area (Å²) < 4.78 is 2.14. The van der Waals surface area contributed by atoms with Crippen molar-refractivity contribution in [3.8, 4) is 0 Å². The number of anilines is 1. The fraction of sp³-hybridized carbons (Fsp3) is 0.429. The van der Waals surface area contributed by atoms with Crippen molar-refractivity contribution in [3.63, 3.8) is 0 Å². The van der Waals surface area contributed by atoms with Crippen LogP contribution in [-0.4, -0.2) is 32.8 Å². The van der Waals surface area contributed by atoms with E-state index in [9.17, 15) is 0 Å². The molecule has 0 radical (unpaired) electrons. The van der Waals surface area contributed by atoms with Crippen molar-refractivity contribution in [3.05, 3.63) is 41.5 Å². The highest BCUT2D eigenvalue weighted by atomic mass is 15.3. The van der Waals surface area contributed by atoms with E-state index in [1.54, 1.807) is 0 Å². The van der Waals surface area contributed by atoms with E-state index < -0.39 is 0 Å². The van der Waals surface area contributed by atoms with Crippen molar-refractivity contribution in [2.75, 3.05) is 18.4 Å². The summed E-state index contributed by atoms with van der Waals surface area (Å²) in [4.78, 5) is 2.43. The number of aromatic nitrogens is 3. The lowest BCUT2D eigenvalue weighted by Gasteiger charge is -2.27. The van der Waals surface area contributed by atoms with Crippen molar-refractivity contribution in [1.82, 2.24) is 19.7 Å². The van der Waals surface area contributed by atoms with Crippen molar-refractivity contribution in [1.29, 1.82) is 0 Å². The van der Waals surface area contributed by atoms with E-state index in [-0.39, 0.29) is 0 Å². The van der Waals surface area contributed by atoms with Crippen molar-refractivity contribution in [2.24, 2.45) is 0 Å². The highest BCUT2D eigenvalue weighted by Gasteiger charge is 2.18. The van der Waals surface area contributed by atoms with Crippen LogP contribution >= 0.6 is 0 Å². The van der Waals surface area contributed by atoms with Crippen molar-refractivity contribution < 1.29 is 0 Å². The van der Waals surface area contributed by atoms with E-state index in [1.807, 2.05) is 6.33 Å². The molecule has 2 aliphatic rings. The van der Waals surface area contributed by atoms with Crippen LogP contribution in [0.15, 0.2) is 24.5 Å². The fourth-order valence-corrected chi connectivity index (χ4v) is 2.95. The van der Waals surface area contributed by atoms with Crippen LogP contribution in [0.5, 0.6) is 0 Å². The van der Waals surface area contributed by atoms with E-state index in [0.29, 0.717) is 0 Å². The molecule has 2 aromatic rings. The summed E-state index contributed by atoms with van der Waals surface area (Å²) in [6.45, 7) is 5.01. The molecular formula is C14H17N5. The van der Waals surface area contributed by atoms with Crippen LogP contribution in [0.3, 0.4) is 0 Å². The second-order valence-electron chi connectivity index (χ2n) is 5.32. The van der Waals surface area contributed by atoms with Crippen LogP contribution in [0.25, 0.3) is 0 Å². The van der Waals surface area contributed by atoms with E-state index in [4.69, 9.17) is 0 Å². The fourth-order valence-electron chi connectivity index (χ4n) is 2.95. The molecule has 0 saturated heterocycles. The molecule has 98 valence electrons. The number of hydrogen-bond acceptors (Lipinski definition) is 4. The Kier molecular flexibility index (Phi) is 2.51. The summed E-state index contributed by atoms with van der Waals surface area (Å²) in [5.74, 6) is 1.07. The molecule has 0 amide bonds. The summed E-state index contributed by atoms with van der Waals surface area (Å²) in [6.07, 6.45) is 2.98. The van der Waals surface area contributed by atoms with E-state index in [2.05, 4.69) is 43.2 Å². The SMILES string of the molecule is c1cc2c(cc1CN1CCn3cnnc3C1)NCC2. The second kappa shape index (κ2) is 4.35. The first-order valence-corrected chi connectivity index (χ1v) is 6.83. The minimum atomic E-state index is 0.893. The molecule has 0 saturated carbocycles. The Hall–Kier alpha value is -1.88.